The first-order chi connectivity index (χ1) is 9.52. The van der Waals surface area contributed by atoms with E-state index in [1.165, 1.54) is 12.1 Å². The van der Waals surface area contributed by atoms with Gasteiger partial charge in [-0.05, 0) is 60.7 Å². The average Bonchev–Trinajstić information content (AvgIpc) is 3.09. The number of hydrogen-bond donors (Lipinski definition) is 1. The molecule has 1 amide bonds. The molecule has 1 aromatic rings. The van der Waals surface area contributed by atoms with Crippen LogP contribution in [0, 0.1) is 5.92 Å². The molecule has 0 saturated heterocycles. The van der Waals surface area contributed by atoms with E-state index in [0.29, 0.717) is 5.92 Å². The van der Waals surface area contributed by atoms with Crippen LogP contribution in [0.1, 0.15) is 37.0 Å². The molecule has 4 nitrogen and oxygen atoms in total. The second-order valence-electron chi connectivity index (χ2n) is 5.65. The Morgan fingerprint density at radius 1 is 1.38 bits per heavy atom. The van der Waals surface area contributed by atoms with Gasteiger partial charge in [-0.15, -0.1) is 0 Å². The zero-order valence-electron chi connectivity index (χ0n) is 11.4. The van der Waals surface area contributed by atoms with Gasteiger partial charge in [0.15, 0.2) is 0 Å². The summed E-state index contributed by atoms with van der Waals surface area (Å²) in [4.78, 5) is 12.2. The minimum absolute atomic E-state index is 0.0906. The maximum Gasteiger partial charge on any atom is 0.262 e. The van der Waals surface area contributed by atoms with E-state index in [0.717, 1.165) is 12.8 Å². The standard InChI is InChI=1S/C13H14BrCl2NO3S/c1-13(2,7-3-4-7)17-12(18)8-5-11(21(16,19)20)9(14)6-10(8)15/h5-7H,3-4H2,1-2H3,(H,17,18). The summed E-state index contributed by atoms with van der Waals surface area (Å²) in [5.41, 5.74) is -0.263. The Morgan fingerprint density at radius 3 is 2.43 bits per heavy atom. The highest BCUT2D eigenvalue weighted by Crippen LogP contribution is 2.39. The molecule has 2 rings (SSSR count). The minimum Gasteiger partial charge on any atom is -0.347 e. The number of halogens is 3. The fourth-order valence-corrected chi connectivity index (χ4v) is 4.73. The summed E-state index contributed by atoms with van der Waals surface area (Å²) in [5, 5.41) is 3.06. The van der Waals surface area contributed by atoms with Gasteiger partial charge >= 0.3 is 0 Å². The van der Waals surface area contributed by atoms with E-state index < -0.39 is 15.0 Å². The summed E-state index contributed by atoms with van der Waals surface area (Å²) in [7, 11) is 1.39. The van der Waals surface area contributed by atoms with Crippen molar-refractivity contribution in [2.75, 3.05) is 0 Å². The number of nitrogens with one attached hydrogen (secondary N) is 1. The molecule has 0 spiro atoms. The molecule has 1 N–H and O–H groups in total. The molecule has 116 valence electrons. The fraction of sp³-hybridized carbons (Fsp3) is 0.462. The monoisotopic (exact) mass is 413 g/mol. The number of rotatable bonds is 4. The van der Waals surface area contributed by atoms with Crippen molar-refractivity contribution in [1.82, 2.24) is 5.32 Å². The number of carbonyl (C=O) groups is 1. The lowest BCUT2D eigenvalue weighted by molar-refractivity contribution is 0.0903. The Hall–Kier alpha value is -0.300. The van der Waals surface area contributed by atoms with Gasteiger partial charge in [-0.2, -0.15) is 0 Å². The number of hydrogen-bond acceptors (Lipinski definition) is 3. The molecule has 0 aliphatic heterocycles. The van der Waals surface area contributed by atoms with Gasteiger partial charge in [0, 0.05) is 20.7 Å². The van der Waals surface area contributed by atoms with Crippen LogP contribution in [0.2, 0.25) is 5.02 Å². The van der Waals surface area contributed by atoms with Gasteiger partial charge in [0.2, 0.25) is 0 Å². The second kappa shape index (κ2) is 5.72. The Kier molecular flexibility index (Phi) is 4.65. The van der Waals surface area contributed by atoms with Crippen molar-refractivity contribution in [3.8, 4) is 0 Å². The second-order valence-corrected chi connectivity index (χ2v) is 9.45. The van der Waals surface area contributed by atoms with Gasteiger partial charge in [-0.25, -0.2) is 8.42 Å². The third-order valence-electron chi connectivity index (χ3n) is 3.56. The normalized spacial score (nSPS) is 15.9. The largest absolute Gasteiger partial charge is 0.347 e. The molecule has 8 heteroatoms. The minimum atomic E-state index is -3.97. The summed E-state index contributed by atoms with van der Waals surface area (Å²) in [5.74, 6) is 0.0258. The van der Waals surface area contributed by atoms with Gasteiger partial charge in [-0.1, -0.05) is 11.6 Å². The van der Waals surface area contributed by atoms with Crippen LogP contribution in [0.3, 0.4) is 0 Å². The SMILES string of the molecule is CC(C)(NC(=O)c1cc(S(=O)(=O)Cl)c(Br)cc1Cl)C1CC1. The maximum absolute atomic E-state index is 12.4. The van der Waals surface area contributed by atoms with Crippen LogP contribution < -0.4 is 5.32 Å². The third-order valence-corrected chi connectivity index (χ3v) is 6.16. The first-order valence-corrected chi connectivity index (χ1v) is 9.76. The Morgan fingerprint density at radius 2 is 1.95 bits per heavy atom. The van der Waals surface area contributed by atoms with Crippen molar-refractivity contribution in [2.24, 2.45) is 5.92 Å². The molecular weight excluding hydrogens is 401 g/mol. The summed E-state index contributed by atoms with van der Waals surface area (Å²) in [6.07, 6.45) is 2.14. The molecule has 0 aromatic heterocycles. The van der Waals surface area contributed by atoms with E-state index in [-0.39, 0.29) is 25.5 Å². The number of amides is 1. The number of carbonyl (C=O) groups excluding carboxylic acids is 1. The van der Waals surface area contributed by atoms with Crippen molar-refractivity contribution in [2.45, 2.75) is 37.1 Å². The highest BCUT2D eigenvalue weighted by Gasteiger charge is 2.39. The van der Waals surface area contributed by atoms with Crippen molar-refractivity contribution >= 4 is 53.2 Å². The maximum atomic E-state index is 12.4. The Balaban J connectivity index is 2.37. The predicted molar refractivity (Wildman–Crippen MR) is 86.5 cm³/mol. The molecule has 0 heterocycles. The molecule has 0 atom stereocenters. The quantitative estimate of drug-likeness (QED) is 0.758. The van der Waals surface area contributed by atoms with Gasteiger partial charge in [-0.3, -0.25) is 4.79 Å². The summed E-state index contributed by atoms with van der Waals surface area (Å²) in [6, 6.07) is 2.54. The van der Waals surface area contributed by atoms with Crippen LogP contribution in [-0.2, 0) is 9.05 Å². The molecule has 0 radical (unpaired) electrons. The lowest BCUT2D eigenvalue weighted by atomic mass is 9.98. The average molecular weight is 415 g/mol. The zero-order chi connectivity index (χ0) is 16.0. The first kappa shape index (κ1) is 17.1. The van der Waals surface area contributed by atoms with Gasteiger partial charge in [0.25, 0.3) is 15.0 Å². The van der Waals surface area contributed by atoms with Crippen molar-refractivity contribution in [3.05, 3.63) is 27.2 Å². The third kappa shape index (κ3) is 3.92. The molecule has 1 saturated carbocycles. The lowest BCUT2D eigenvalue weighted by Crippen LogP contribution is -2.45. The molecular formula is C13H14BrCl2NO3S. The van der Waals surface area contributed by atoms with E-state index >= 15 is 0 Å². The van der Waals surface area contributed by atoms with Crippen LogP contribution in [-0.4, -0.2) is 19.9 Å². The molecule has 0 unspecified atom stereocenters. The lowest BCUT2D eigenvalue weighted by Gasteiger charge is -2.26. The molecule has 1 fully saturated rings. The van der Waals surface area contributed by atoms with E-state index in [1.807, 2.05) is 13.8 Å². The van der Waals surface area contributed by atoms with Gasteiger partial charge < -0.3 is 5.32 Å². The van der Waals surface area contributed by atoms with Crippen molar-refractivity contribution in [1.29, 1.82) is 0 Å². The Bertz CT molecular complexity index is 700. The van der Waals surface area contributed by atoms with E-state index in [4.69, 9.17) is 22.3 Å². The van der Waals surface area contributed by atoms with Crippen LogP contribution >= 0.6 is 38.2 Å². The van der Waals surface area contributed by atoms with E-state index in [2.05, 4.69) is 21.2 Å². The van der Waals surface area contributed by atoms with Gasteiger partial charge in [0.05, 0.1) is 15.5 Å². The fourth-order valence-electron chi connectivity index (χ4n) is 2.16. The summed E-state index contributed by atoms with van der Waals surface area (Å²) >= 11 is 9.12. The molecule has 0 bridgehead atoms. The number of benzene rings is 1. The van der Waals surface area contributed by atoms with Crippen LogP contribution in [0.15, 0.2) is 21.5 Å². The highest BCUT2D eigenvalue weighted by atomic mass is 79.9. The van der Waals surface area contributed by atoms with Crippen molar-refractivity contribution < 1.29 is 13.2 Å². The smallest absolute Gasteiger partial charge is 0.262 e. The molecule has 21 heavy (non-hydrogen) atoms. The van der Waals surface area contributed by atoms with E-state index in [9.17, 15) is 13.2 Å². The van der Waals surface area contributed by atoms with Crippen LogP contribution in [0.25, 0.3) is 0 Å². The van der Waals surface area contributed by atoms with Gasteiger partial charge in [0.1, 0.15) is 0 Å². The van der Waals surface area contributed by atoms with Crippen LogP contribution in [0.5, 0.6) is 0 Å². The van der Waals surface area contributed by atoms with Crippen LogP contribution in [0.4, 0.5) is 0 Å². The topological polar surface area (TPSA) is 63.2 Å². The first-order valence-electron chi connectivity index (χ1n) is 6.28. The summed E-state index contributed by atoms with van der Waals surface area (Å²) < 4.78 is 23.2. The predicted octanol–water partition coefficient (Wildman–Crippen LogP) is 3.95. The van der Waals surface area contributed by atoms with E-state index in [1.54, 1.807) is 0 Å². The highest BCUT2D eigenvalue weighted by molar-refractivity contribution is 9.10. The molecule has 1 aliphatic rings. The molecule has 1 aliphatic carbocycles. The zero-order valence-corrected chi connectivity index (χ0v) is 15.3. The Labute approximate surface area is 141 Å². The molecule has 1 aromatic carbocycles. The van der Waals surface area contributed by atoms with Crippen molar-refractivity contribution in [3.63, 3.8) is 0 Å². The summed E-state index contributed by atoms with van der Waals surface area (Å²) in [6.45, 7) is 3.88.